The Morgan fingerprint density at radius 1 is 1.35 bits per heavy atom. The molecule has 0 aliphatic carbocycles. The zero-order valence-corrected chi connectivity index (χ0v) is 12.7. The van der Waals surface area contributed by atoms with Crippen molar-refractivity contribution in [3.8, 4) is 0 Å². The van der Waals surface area contributed by atoms with Crippen LogP contribution in [0.15, 0.2) is 0 Å². The Balaban J connectivity index is 2.17. The molecule has 5 nitrogen and oxygen atoms in total. The average molecular weight is 282 g/mol. The van der Waals surface area contributed by atoms with Gasteiger partial charge in [-0.1, -0.05) is 20.8 Å². The van der Waals surface area contributed by atoms with Crippen LogP contribution in [0.2, 0.25) is 0 Å². The minimum absolute atomic E-state index is 0.147. The zero-order chi connectivity index (χ0) is 15.0. The second kappa shape index (κ2) is 5.35. The minimum atomic E-state index is -0.765. The molecule has 2 atom stereocenters. The van der Waals surface area contributed by atoms with E-state index in [0.717, 1.165) is 13.0 Å². The molecule has 2 aliphatic heterocycles. The van der Waals surface area contributed by atoms with E-state index in [1.807, 2.05) is 6.92 Å². The zero-order valence-electron chi connectivity index (χ0n) is 12.7. The van der Waals surface area contributed by atoms with E-state index < -0.39 is 11.4 Å². The molecule has 0 radical (unpaired) electrons. The number of rotatable bonds is 4. The molecule has 2 N–H and O–H groups in total. The van der Waals surface area contributed by atoms with Gasteiger partial charge in [-0.25, -0.2) is 0 Å². The highest BCUT2D eigenvalue weighted by Crippen LogP contribution is 2.41. The first-order valence-corrected chi connectivity index (χ1v) is 7.61. The fraction of sp³-hybridized carbons (Fsp3) is 0.867. The highest BCUT2D eigenvalue weighted by molar-refractivity contribution is 5.85. The Morgan fingerprint density at radius 2 is 2.05 bits per heavy atom. The molecule has 114 valence electrons. The van der Waals surface area contributed by atoms with Gasteiger partial charge in [0.15, 0.2) is 0 Å². The van der Waals surface area contributed by atoms with Crippen LogP contribution in [0.5, 0.6) is 0 Å². The van der Waals surface area contributed by atoms with E-state index in [1.165, 1.54) is 0 Å². The van der Waals surface area contributed by atoms with E-state index in [4.69, 9.17) is 0 Å². The number of nitrogens with zero attached hydrogens (tertiary/aromatic N) is 1. The van der Waals surface area contributed by atoms with Gasteiger partial charge in [0.25, 0.3) is 0 Å². The number of likely N-dealkylation sites (tertiary alicyclic amines) is 1. The third-order valence-corrected chi connectivity index (χ3v) is 5.49. The first kappa shape index (κ1) is 15.3. The maximum absolute atomic E-state index is 12.9. The van der Waals surface area contributed by atoms with E-state index in [0.29, 0.717) is 32.5 Å². The van der Waals surface area contributed by atoms with Crippen molar-refractivity contribution in [2.24, 2.45) is 16.7 Å². The summed E-state index contributed by atoms with van der Waals surface area (Å²) in [4.78, 5) is 26.2. The number of nitrogens with one attached hydrogen (secondary N) is 1. The van der Waals surface area contributed by atoms with Crippen molar-refractivity contribution in [1.82, 2.24) is 10.2 Å². The summed E-state index contributed by atoms with van der Waals surface area (Å²) in [6.07, 6.45) is 2.01. The lowest BCUT2D eigenvalue weighted by atomic mass is 9.75. The van der Waals surface area contributed by atoms with Crippen LogP contribution in [-0.2, 0) is 9.59 Å². The van der Waals surface area contributed by atoms with E-state index in [2.05, 4.69) is 19.2 Å². The molecule has 0 saturated carbocycles. The molecule has 0 aromatic carbocycles. The van der Waals surface area contributed by atoms with Crippen LogP contribution in [-0.4, -0.2) is 48.1 Å². The maximum Gasteiger partial charge on any atom is 0.311 e. The Morgan fingerprint density at radius 3 is 2.45 bits per heavy atom. The summed E-state index contributed by atoms with van der Waals surface area (Å²) >= 11 is 0. The third kappa shape index (κ3) is 2.22. The molecule has 20 heavy (non-hydrogen) atoms. The number of amides is 1. The fourth-order valence-corrected chi connectivity index (χ4v) is 3.61. The van der Waals surface area contributed by atoms with Crippen molar-refractivity contribution >= 4 is 11.9 Å². The van der Waals surface area contributed by atoms with E-state index in [9.17, 15) is 14.7 Å². The number of carboxylic acids is 1. The molecular weight excluding hydrogens is 256 g/mol. The second-order valence-electron chi connectivity index (χ2n) is 6.65. The number of hydrogen-bond acceptors (Lipinski definition) is 3. The van der Waals surface area contributed by atoms with Gasteiger partial charge >= 0.3 is 5.97 Å². The number of hydrogen-bond donors (Lipinski definition) is 2. The summed E-state index contributed by atoms with van der Waals surface area (Å²) in [5, 5.41) is 12.7. The van der Waals surface area contributed by atoms with E-state index >= 15 is 0 Å². The summed E-state index contributed by atoms with van der Waals surface area (Å²) in [7, 11) is 0. The summed E-state index contributed by atoms with van der Waals surface area (Å²) in [5.41, 5.74) is -1.08. The highest BCUT2D eigenvalue weighted by atomic mass is 16.4. The van der Waals surface area contributed by atoms with Crippen molar-refractivity contribution < 1.29 is 14.7 Å². The Labute approximate surface area is 120 Å². The summed E-state index contributed by atoms with van der Waals surface area (Å²) in [5.74, 6) is -0.348. The maximum atomic E-state index is 12.9. The van der Waals surface area contributed by atoms with Crippen LogP contribution in [0.3, 0.4) is 0 Å². The third-order valence-electron chi connectivity index (χ3n) is 5.49. The van der Waals surface area contributed by atoms with Gasteiger partial charge in [0, 0.05) is 19.6 Å². The van der Waals surface area contributed by atoms with Crippen molar-refractivity contribution in [3.63, 3.8) is 0 Å². The summed E-state index contributed by atoms with van der Waals surface area (Å²) < 4.78 is 0. The standard InChI is InChI=1S/C15H26N2O3/c1-4-14(13(19)20)6-8-17(10-14)12(18)15(11(2)3)5-7-16-9-15/h11,16H,4-10H2,1-3H3,(H,19,20). The predicted molar refractivity (Wildman–Crippen MR) is 76.3 cm³/mol. The molecule has 0 bridgehead atoms. The van der Waals surface area contributed by atoms with Gasteiger partial charge in [-0.05, 0) is 31.7 Å². The van der Waals surface area contributed by atoms with Gasteiger partial charge in [0.2, 0.25) is 5.91 Å². The summed E-state index contributed by atoms with van der Waals surface area (Å²) in [6.45, 7) is 8.61. The molecule has 2 saturated heterocycles. The number of aliphatic carboxylic acids is 1. The second-order valence-corrected chi connectivity index (χ2v) is 6.65. The number of carbonyl (C=O) groups is 2. The van der Waals surface area contributed by atoms with Crippen molar-refractivity contribution in [3.05, 3.63) is 0 Å². The van der Waals surface area contributed by atoms with Crippen molar-refractivity contribution in [1.29, 1.82) is 0 Å². The van der Waals surface area contributed by atoms with Gasteiger partial charge in [-0.3, -0.25) is 9.59 Å². The molecule has 2 aliphatic rings. The summed E-state index contributed by atoms with van der Waals surface area (Å²) in [6, 6.07) is 0. The van der Waals surface area contributed by atoms with Crippen LogP contribution < -0.4 is 5.32 Å². The lowest BCUT2D eigenvalue weighted by molar-refractivity contribution is -0.150. The van der Waals surface area contributed by atoms with Crippen molar-refractivity contribution in [2.75, 3.05) is 26.2 Å². The molecule has 2 heterocycles. The molecule has 0 spiro atoms. The number of carbonyl (C=O) groups excluding carboxylic acids is 1. The molecule has 2 fully saturated rings. The normalized spacial score (nSPS) is 33.9. The van der Waals surface area contributed by atoms with Gasteiger partial charge < -0.3 is 15.3 Å². The van der Waals surface area contributed by atoms with E-state index in [1.54, 1.807) is 4.90 Å². The van der Waals surface area contributed by atoms with Crippen LogP contribution in [0.25, 0.3) is 0 Å². The Kier molecular flexibility index (Phi) is 4.09. The Bertz CT molecular complexity index is 402. The Hall–Kier alpha value is -1.10. The molecule has 2 rings (SSSR count). The van der Waals surface area contributed by atoms with Gasteiger partial charge in [0.05, 0.1) is 10.8 Å². The SMILES string of the molecule is CCC1(C(=O)O)CCN(C(=O)C2(C(C)C)CCNC2)C1. The lowest BCUT2D eigenvalue weighted by Crippen LogP contribution is -2.48. The van der Waals surface area contributed by atoms with Gasteiger partial charge in [-0.2, -0.15) is 0 Å². The molecule has 2 unspecified atom stereocenters. The quantitative estimate of drug-likeness (QED) is 0.816. The molecule has 1 amide bonds. The fourth-order valence-electron chi connectivity index (χ4n) is 3.61. The monoisotopic (exact) mass is 282 g/mol. The van der Waals surface area contributed by atoms with Gasteiger partial charge in [0.1, 0.15) is 0 Å². The lowest BCUT2D eigenvalue weighted by Gasteiger charge is -2.35. The average Bonchev–Trinajstić information content (AvgIpc) is 3.06. The van der Waals surface area contributed by atoms with Crippen LogP contribution in [0.1, 0.15) is 40.0 Å². The molecule has 0 aromatic rings. The van der Waals surface area contributed by atoms with Crippen LogP contribution in [0, 0.1) is 16.7 Å². The van der Waals surface area contributed by atoms with Crippen LogP contribution in [0.4, 0.5) is 0 Å². The highest BCUT2D eigenvalue weighted by Gasteiger charge is 2.51. The topological polar surface area (TPSA) is 69.6 Å². The molecule has 0 aromatic heterocycles. The minimum Gasteiger partial charge on any atom is -0.481 e. The van der Waals surface area contributed by atoms with Crippen molar-refractivity contribution in [2.45, 2.75) is 40.0 Å². The first-order valence-electron chi connectivity index (χ1n) is 7.61. The predicted octanol–water partition coefficient (Wildman–Crippen LogP) is 1.34. The van der Waals surface area contributed by atoms with Crippen LogP contribution >= 0.6 is 0 Å². The largest absolute Gasteiger partial charge is 0.481 e. The molecule has 5 heteroatoms. The number of carboxylic acid groups (broad SMARTS) is 1. The van der Waals surface area contributed by atoms with E-state index in [-0.39, 0.29) is 17.2 Å². The first-order chi connectivity index (χ1) is 9.38. The molecular formula is C15H26N2O3. The van der Waals surface area contributed by atoms with Gasteiger partial charge in [-0.15, -0.1) is 0 Å². The smallest absolute Gasteiger partial charge is 0.311 e.